The first-order chi connectivity index (χ1) is 40.1. The number of fused-ring (bicyclic) bond motifs is 14. The van der Waals surface area contributed by atoms with Crippen molar-refractivity contribution in [3.05, 3.63) is 165 Å². The number of amides is 6. The van der Waals surface area contributed by atoms with Crippen molar-refractivity contribution in [2.24, 2.45) is 5.73 Å². The summed E-state index contributed by atoms with van der Waals surface area (Å²) >= 11 is 6.85. The van der Waals surface area contributed by atoms with E-state index in [1.807, 2.05) is 0 Å². The summed E-state index contributed by atoms with van der Waals surface area (Å²) in [5.41, 5.74) is 4.67. The number of carbonyl (C=O) groups is 7. The Morgan fingerprint density at radius 1 is 0.500 bits per heavy atom. The highest BCUT2D eigenvalue weighted by Crippen LogP contribution is 2.47. The summed E-state index contributed by atoms with van der Waals surface area (Å²) in [5.74, 6) is -14.3. The molecular weight excluding hydrogens is 1120 g/mol. The molecule has 0 fully saturated rings. The van der Waals surface area contributed by atoms with Crippen molar-refractivity contribution in [3.8, 4) is 80.1 Å². The number of rotatable bonds is 1. The number of aliphatic carboxylic acids is 1. The van der Waals surface area contributed by atoms with Crippen LogP contribution >= 0.6 is 11.6 Å². The summed E-state index contributed by atoms with van der Waals surface area (Å²) in [6, 6.07) is 10.2. The van der Waals surface area contributed by atoms with Crippen LogP contribution in [0.25, 0.3) is 11.1 Å². The monoisotopic (exact) mass is 1160 g/mol. The third kappa shape index (κ3) is 10.6. The highest BCUT2D eigenvalue weighted by Gasteiger charge is 2.41. The predicted octanol–water partition coefficient (Wildman–Crippen LogP) is 4.33. The molecule has 0 unspecified atom stereocenters. The van der Waals surface area contributed by atoms with Crippen molar-refractivity contribution in [2.75, 3.05) is 0 Å². The van der Waals surface area contributed by atoms with E-state index < -0.39 is 152 Å². The van der Waals surface area contributed by atoms with Crippen molar-refractivity contribution in [1.82, 2.24) is 31.9 Å². The van der Waals surface area contributed by atoms with Gasteiger partial charge in [-0.05, 0) is 112 Å². The molecule has 0 radical (unpaired) electrons. The molecule has 0 spiro atoms. The van der Waals surface area contributed by atoms with Gasteiger partial charge in [-0.25, -0.2) is 4.79 Å². The molecule has 17 bridgehead atoms. The molecule has 0 aromatic heterocycles. The molecule has 16 N–H and O–H groups in total. The van der Waals surface area contributed by atoms with Gasteiger partial charge in [0, 0.05) is 35.2 Å². The Balaban J connectivity index is 1.13. The molecule has 26 heteroatoms. The molecule has 6 aliphatic heterocycles. The molecule has 84 heavy (non-hydrogen) atoms. The van der Waals surface area contributed by atoms with Gasteiger partial charge in [-0.2, -0.15) is 0 Å². The number of aromatic hydroxyl groups is 6. The van der Waals surface area contributed by atoms with Crippen LogP contribution in [-0.4, -0.2) is 94.3 Å². The average Bonchev–Trinajstić information content (AvgIpc) is 1.34. The second-order valence-electron chi connectivity index (χ2n) is 20.0. The molecule has 6 amide bonds. The number of ether oxygens (including phenoxy) is 3. The number of benzene rings is 7. The number of hydrogen-bond donors (Lipinski definition) is 15. The number of phenolic OH excluding ortho intramolecular Hbond substituents is 6. The number of nitrogens with two attached hydrogens (primary N) is 1. The van der Waals surface area contributed by atoms with Gasteiger partial charge in [0.05, 0.1) is 5.02 Å². The quantitative estimate of drug-likeness (QED) is 0.109. The van der Waals surface area contributed by atoms with Crippen LogP contribution in [0.2, 0.25) is 5.02 Å². The number of nitrogens with one attached hydrogen (secondary N) is 6. The van der Waals surface area contributed by atoms with E-state index in [4.69, 9.17) is 31.5 Å². The molecule has 0 saturated carbocycles. The molecule has 13 rings (SSSR count). The Hall–Kier alpha value is -10.8. The lowest BCUT2D eigenvalue weighted by atomic mass is 9.89. The molecule has 7 aromatic rings. The van der Waals surface area contributed by atoms with Crippen molar-refractivity contribution >= 4 is 53.0 Å². The number of phenols is 6. The SMILES string of the molecule is N[C@H]1C(=O)N[C@@H]2Cc3ccc(c(Cl)c3)Oc3cc4cc(c3O)Oc3ccc(cc3)[C@@H](O)[C@@H]3NC(=O)[C@H](NC(=O)[C@@H]4NC(=O)[C@@H](NC2=O)c2cc(O)cc(c2)Oc2cc1ccc2O)c1ccc(O)c(c1)-c1c(O)cc(O)cc1[C@@H](C(=O)O)NC3=O. The molecular formula is C58H46ClN7O18. The van der Waals surface area contributed by atoms with Gasteiger partial charge < -0.3 is 92.7 Å². The van der Waals surface area contributed by atoms with Gasteiger partial charge in [0.2, 0.25) is 41.2 Å². The highest BCUT2D eigenvalue weighted by molar-refractivity contribution is 6.32. The van der Waals surface area contributed by atoms with E-state index in [9.17, 15) is 60.0 Å². The predicted molar refractivity (Wildman–Crippen MR) is 290 cm³/mol. The summed E-state index contributed by atoms with van der Waals surface area (Å²) in [6.07, 6.45) is -2.37. The second kappa shape index (κ2) is 21.6. The first kappa shape index (κ1) is 55.2. The summed E-state index contributed by atoms with van der Waals surface area (Å²) in [7, 11) is 0. The number of halogens is 1. The van der Waals surface area contributed by atoms with Gasteiger partial charge in [0.25, 0.3) is 0 Å². The van der Waals surface area contributed by atoms with E-state index in [2.05, 4.69) is 31.9 Å². The van der Waals surface area contributed by atoms with Crippen LogP contribution in [0.15, 0.2) is 121 Å². The van der Waals surface area contributed by atoms with Crippen molar-refractivity contribution in [2.45, 2.75) is 54.8 Å². The largest absolute Gasteiger partial charge is 0.508 e. The summed E-state index contributed by atoms with van der Waals surface area (Å²) in [4.78, 5) is 103. The van der Waals surface area contributed by atoms with Gasteiger partial charge in [-0.1, -0.05) is 41.9 Å². The fraction of sp³-hybridized carbons (Fsp3) is 0.155. The Kier molecular flexibility index (Phi) is 14.2. The molecule has 25 nitrogen and oxygen atoms in total. The molecule has 0 saturated heterocycles. The van der Waals surface area contributed by atoms with Crippen molar-refractivity contribution < 1.29 is 88.6 Å². The van der Waals surface area contributed by atoms with Gasteiger partial charge >= 0.3 is 5.97 Å². The van der Waals surface area contributed by atoms with E-state index >= 15 is 14.4 Å². The van der Waals surface area contributed by atoms with E-state index in [1.165, 1.54) is 66.7 Å². The number of carboxylic acid groups (broad SMARTS) is 1. The first-order valence-electron chi connectivity index (χ1n) is 25.4. The van der Waals surface area contributed by atoms with Crippen LogP contribution < -0.4 is 51.8 Å². The van der Waals surface area contributed by atoms with Crippen LogP contribution in [0.4, 0.5) is 0 Å². The second-order valence-corrected chi connectivity index (χ2v) is 20.4. The maximum atomic E-state index is 15.6. The zero-order valence-corrected chi connectivity index (χ0v) is 43.7. The topological polar surface area (TPSA) is 407 Å². The lowest BCUT2D eigenvalue weighted by Crippen LogP contribution is -2.55. The van der Waals surface area contributed by atoms with Gasteiger partial charge in [0.1, 0.15) is 82.6 Å². The Bertz CT molecular complexity index is 3960. The lowest BCUT2D eigenvalue weighted by molar-refractivity contribution is -0.143. The van der Waals surface area contributed by atoms with Crippen molar-refractivity contribution in [1.29, 1.82) is 0 Å². The van der Waals surface area contributed by atoms with Crippen LogP contribution in [0.5, 0.6) is 69.0 Å². The zero-order valence-electron chi connectivity index (χ0n) is 43.0. The van der Waals surface area contributed by atoms with Crippen LogP contribution in [0.1, 0.15) is 75.3 Å². The summed E-state index contributed by atoms with van der Waals surface area (Å²) < 4.78 is 18.4. The van der Waals surface area contributed by atoms with Crippen LogP contribution in [-0.2, 0) is 40.0 Å². The van der Waals surface area contributed by atoms with E-state index in [0.717, 1.165) is 54.6 Å². The maximum Gasteiger partial charge on any atom is 0.330 e. The van der Waals surface area contributed by atoms with Crippen molar-refractivity contribution in [3.63, 3.8) is 0 Å². The fourth-order valence-corrected chi connectivity index (χ4v) is 10.4. The minimum atomic E-state index is -2.15. The third-order valence-electron chi connectivity index (χ3n) is 14.4. The Morgan fingerprint density at radius 2 is 1.10 bits per heavy atom. The molecule has 7 aromatic carbocycles. The van der Waals surface area contributed by atoms with Gasteiger partial charge in [-0.15, -0.1) is 0 Å². The van der Waals surface area contributed by atoms with Crippen LogP contribution in [0, 0.1) is 0 Å². The van der Waals surface area contributed by atoms with Crippen LogP contribution in [0.3, 0.4) is 0 Å². The zero-order chi connectivity index (χ0) is 59.6. The van der Waals surface area contributed by atoms with E-state index in [-0.39, 0.29) is 62.3 Å². The first-order valence-corrected chi connectivity index (χ1v) is 25.8. The molecule has 6 aliphatic rings. The van der Waals surface area contributed by atoms with E-state index in [1.54, 1.807) is 0 Å². The third-order valence-corrected chi connectivity index (χ3v) is 14.7. The normalized spacial score (nSPS) is 22.1. The smallest absolute Gasteiger partial charge is 0.330 e. The standard InChI is InChI=1S/C58H46ClN7O18/c59-34-11-22-1-10-39(34)84-42-18-27-17-41(51(42)73)82-30-6-2-23(3-7-30)50(72)49-57(79)65-48(58(80)81)33-20-29(68)21-38(71)43(33)32-15-25(5-8-36(32)69)45(54(76)66-49)63-56(78)47(27)64-55(77)46-26-13-28(67)19-31(14-26)83-40-16-24(4-9-37(40)70)44(60)53(75)61-35(12-22)52(74)62-46/h1-11,13-21,35,44-50,67-73H,12,60H2,(H,61,75)(H,62,74)(H,63,78)(H,64,77)(H,65,79)(H,66,76)(H,80,81)/t35-,44-,45-,46+,47-,48+,49+,50-/m1/s1. The van der Waals surface area contributed by atoms with E-state index in [0.29, 0.717) is 5.56 Å². The summed E-state index contributed by atoms with van der Waals surface area (Å²) in [5, 5.41) is 105. The number of carbonyl (C=O) groups excluding carboxylic acids is 6. The lowest BCUT2D eigenvalue weighted by Gasteiger charge is -2.31. The minimum absolute atomic E-state index is 0.0736. The summed E-state index contributed by atoms with van der Waals surface area (Å²) in [6.45, 7) is 0. The number of aliphatic hydroxyl groups is 1. The molecule has 6 heterocycles. The molecule has 0 aliphatic carbocycles. The maximum absolute atomic E-state index is 15.6. The average molecular weight is 1160 g/mol. The number of hydrogen-bond acceptors (Lipinski definition) is 18. The molecule has 428 valence electrons. The van der Waals surface area contributed by atoms with Gasteiger partial charge in [-0.3, -0.25) is 28.8 Å². The highest BCUT2D eigenvalue weighted by atomic mass is 35.5. The minimum Gasteiger partial charge on any atom is -0.508 e. The fourth-order valence-electron chi connectivity index (χ4n) is 10.2. The molecule has 8 atom stereocenters. The van der Waals surface area contributed by atoms with Gasteiger partial charge in [0.15, 0.2) is 29.0 Å². The number of aliphatic hydroxyl groups excluding tert-OH is 1. The Morgan fingerprint density at radius 3 is 1.80 bits per heavy atom. The number of carboxylic acids is 1. The Labute approximate surface area is 477 Å².